The van der Waals surface area contributed by atoms with Crippen molar-refractivity contribution in [3.63, 3.8) is 0 Å². The minimum atomic E-state index is -0.210. The average Bonchev–Trinajstić information content (AvgIpc) is 2.78. The summed E-state index contributed by atoms with van der Waals surface area (Å²) in [4.78, 5) is 24.2. The second-order valence-electron chi connectivity index (χ2n) is 8.43. The first-order chi connectivity index (χ1) is 15.9. The van der Waals surface area contributed by atoms with Crippen molar-refractivity contribution in [2.24, 2.45) is 5.92 Å². The lowest BCUT2D eigenvalue weighted by atomic mass is 10.1. The molecule has 3 N–H and O–H groups in total. The molecule has 33 heavy (non-hydrogen) atoms. The molecular formula is C27H31N3O3. The molecule has 2 amide bonds. The molecule has 0 bridgehead atoms. The van der Waals surface area contributed by atoms with Crippen LogP contribution in [-0.2, 0) is 16.1 Å². The highest BCUT2D eigenvalue weighted by Gasteiger charge is 2.07. The van der Waals surface area contributed by atoms with Gasteiger partial charge in [0.05, 0.1) is 0 Å². The Balaban J connectivity index is 1.50. The Hall–Kier alpha value is -3.80. The van der Waals surface area contributed by atoms with E-state index in [1.165, 1.54) is 0 Å². The Kier molecular flexibility index (Phi) is 8.47. The second-order valence-corrected chi connectivity index (χ2v) is 8.43. The summed E-state index contributed by atoms with van der Waals surface area (Å²) < 4.78 is 5.66. The maximum absolute atomic E-state index is 12.2. The van der Waals surface area contributed by atoms with Crippen molar-refractivity contribution in [1.82, 2.24) is 0 Å². The van der Waals surface area contributed by atoms with E-state index in [-0.39, 0.29) is 18.4 Å². The van der Waals surface area contributed by atoms with Crippen LogP contribution in [0.5, 0.6) is 5.75 Å². The van der Waals surface area contributed by atoms with Gasteiger partial charge in [0.15, 0.2) is 6.61 Å². The molecule has 3 rings (SSSR count). The molecular weight excluding hydrogens is 414 g/mol. The van der Waals surface area contributed by atoms with Crippen molar-refractivity contribution in [2.75, 3.05) is 22.6 Å². The summed E-state index contributed by atoms with van der Waals surface area (Å²) in [7, 11) is 0. The molecule has 0 heterocycles. The van der Waals surface area contributed by atoms with Crippen LogP contribution in [-0.4, -0.2) is 18.4 Å². The third-order valence-corrected chi connectivity index (χ3v) is 4.84. The van der Waals surface area contributed by atoms with Crippen molar-refractivity contribution in [1.29, 1.82) is 0 Å². The van der Waals surface area contributed by atoms with E-state index < -0.39 is 0 Å². The first kappa shape index (κ1) is 23.9. The number of carbonyl (C=O) groups is 2. The molecule has 0 aromatic heterocycles. The summed E-state index contributed by atoms with van der Waals surface area (Å²) >= 11 is 0. The molecule has 0 atom stereocenters. The zero-order chi connectivity index (χ0) is 23.6. The molecule has 0 fully saturated rings. The zero-order valence-corrected chi connectivity index (χ0v) is 19.4. The van der Waals surface area contributed by atoms with Crippen LogP contribution in [0.1, 0.15) is 31.4 Å². The minimum Gasteiger partial charge on any atom is -0.484 e. The quantitative estimate of drug-likeness (QED) is 0.379. The van der Waals surface area contributed by atoms with Crippen molar-refractivity contribution in [2.45, 2.75) is 33.7 Å². The molecule has 0 saturated carbocycles. The molecule has 3 aromatic rings. The van der Waals surface area contributed by atoms with Gasteiger partial charge >= 0.3 is 0 Å². The van der Waals surface area contributed by atoms with Crippen LogP contribution in [0.25, 0.3) is 0 Å². The first-order valence-electron chi connectivity index (χ1n) is 11.1. The second kappa shape index (κ2) is 11.7. The van der Waals surface area contributed by atoms with Crippen LogP contribution < -0.4 is 20.7 Å². The van der Waals surface area contributed by atoms with Crippen LogP contribution in [0.2, 0.25) is 0 Å². The highest BCUT2D eigenvalue weighted by Crippen LogP contribution is 2.19. The van der Waals surface area contributed by atoms with Gasteiger partial charge in [-0.1, -0.05) is 49.7 Å². The summed E-state index contributed by atoms with van der Waals surface area (Å²) in [6, 6.07) is 22.9. The molecule has 172 valence electrons. The number of benzene rings is 3. The van der Waals surface area contributed by atoms with Crippen LogP contribution in [0.4, 0.5) is 17.1 Å². The summed E-state index contributed by atoms with van der Waals surface area (Å²) in [5, 5.41) is 9.11. The van der Waals surface area contributed by atoms with E-state index in [1.54, 1.807) is 0 Å². The number of anilines is 3. The highest BCUT2D eigenvalue weighted by atomic mass is 16.5. The Morgan fingerprint density at radius 3 is 2.27 bits per heavy atom. The number of amides is 2. The van der Waals surface area contributed by atoms with Gasteiger partial charge in [0.25, 0.3) is 5.91 Å². The third-order valence-electron chi connectivity index (χ3n) is 4.84. The molecule has 6 nitrogen and oxygen atoms in total. The largest absolute Gasteiger partial charge is 0.484 e. The molecule has 0 unspecified atom stereocenters. The van der Waals surface area contributed by atoms with Gasteiger partial charge in [-0.25, -0.2) is 0 Å². The van der Waals surface area contributed by atoms with E-state index in [4.69, 9.17) is 4.74 Å². The van der Waals surface area contributed by atoms with E-state index in [1.807, 2.05) is 93.6 Å². The van der Waals surface area contributed by atoms with E-state index in [2.05, 4.69) is 16.0 Å². The van der Waals surface area contributed by atoms with Crippen molar-refractivity contribution in [3.05, 3.63) is 83.9 Å². The van der Waals surface area contributed by atoms with Gasteiger partial charge in [0.1, 0.15) is 5.75 Å². The Labute approximate surface area is 195 Å². The van der Waals surface area contributed by atoms with Gasteiger partial charge in [0, 0.05) is 30.0 Å². The molecule has 0 radical (unpaired) electrons. The summed E-state index contributed by atoms with van der Waals surface area (Å²) in [6.45, 7) is 6.55. The van der Waals surface area contributed by atoms with Gasteiger partial charge in [-0.3, -0.25) is 9.59 Å². The number of ether oxygens (including phenoxy) is 1. The normalized spacial score (nSPS) is 10.5. The van der Waals surface area contributed by atoms with Crippen molar-refractivity contribution >= 4 is 28.9 Å². The van der Waals surface area contributed by atoms with Crippen LogP contribution in [0.3, 0.4) is 0 Å². The maximum atomic E-state index is 12.2. The van der Waals surface area contributed by atoms with Gasteiger partial charge in [-0.2, -0.15) is 0 Å². The number of hydrogen-bond donors (Lipinski definition) is 3. The van der Waals surface area contributed by atoms with Gasteiger partial charge in [-0.15, -0.1) is 0 Å². The number of rotatable bonds is 10. The van der Waals surface area contributed by atoms with Crippen molar-refractivity contribution in [3.8, 4) is 5.75 Å². The minimum absolute atomic E-state index is 0.0124. The number of carbonyl (C=O) groups excluding carboxylic acids is 2. The molecule has 0 saturated heterocycles. The van der Waals surface area contributed by atoms with E-state index in [0.717, 1.165) is 28.2 Å². The lowest BCUT2D eigenvalue weighted by Crippen LogP contribution is -2.20. The standard InChI is InChI=1S/C27H31N3O3/c1-19(2)14-26(31)30-24-8-5-7-23(16-24)28-17-21-6-4-9-25(15-21)33-18-27(32)29-22-12-10-20(3)11-13-22/h4-13,15-16,19,28H,14,17-18H2,1-3H3,(H,29,32)(H,30,31). The smallest absolute Gasteiger partial charge is 0.262 e. The molecule has 0 spiro atoms. The fourth-order valence-corrected chi connectivity index (χ4v) is 3.22. The summed E-state index contributed by atoms with van der Waals surface area (Å²) in [5.41, 5.74) is 4.57. The monoisotopic (exact) mass is 445 g/mol. The third kappa shape index (κ3) is 8.33. The lowest BCUT2D eigenvalue weighted by molar-refractivity contribution is -0.118. The predicted octanol–water partition coefficient (Wildman–Crippen LogP) is 5.61. The molecule has 0 aliphatic rings. The molecule has 3 aromatic carbocycles. The Bertz CT molecular complexity index is 1080. The zero-order valence-electron chi connectivity index (χ0n) is 19.4. The summed E-state index contributed by atoms with van der Waals surface area (Å²) in [5.74, 6) is 0.745. The topological polar surface area (TPSA) is 79.5 Å². The Morgan fingerprint density at radius 1 is 0.818 bits per heavy atom. The fraction of sp³-hybridized carbons (Fsp3) is 0.259. The number of nitrogens with one attached hydrogen (secondary N) is 3. The lowest BCUT2D eigenvalue weighted by Gasteiger charge is -2.12. The van der Waals surface area contributed by atoms with Crippen molar-refractivity contribution < 1.29 is 14.3 Å². The fourth-order valence-electron chi connectivity index (χ4n) is 3.22. The van der Waals surface area contributed by atoms with E-state index >= 15 is 0 Å². The van der Waals surface area contributed by atoms with Gasteiger partial charge in [-0.05, 0) is 60.9 Å². The predicted molar refractivity (Wildman–Crippen MR) is 134 cm³/mol. The number of hydrogen-bond acceptors (Lipinski definition) is 4. The van der Waals surface area contributed by atoms with Gasteiger partial charge < -0.3 is 20.7 Å². The van der Waals surface area contributed by atoms with E-state index in [9.17, 15) is 9.59 Å². The van der Waals surface area contributed by atoms with Gasteiger partial charge in [0.2, 0.25) is 5.91 Å². The SMILES string of the molecule is Cc1ccc(NC(=O)COc2cccc(CNc3cccc(NC(=O)CC(C)C)c3)c2)cc1. The van der Waals surface area contributed by atoms with Crippen LogP contribution in [0, 0.1) is 12.8 Å². The molecule has 6 heteroatoms. The molecule has 0 aliphatic heterocycles. The van der Waals surface area contributed by atoms with Crippen LogP contribution >= 0.6 is 0 Å². The number of aryl methyl sites for hydroxylation is 1. The first-order valence-corrected chi connectivity index (χ1v) is 11.1. The highest BCUT2D eigenvalue weighted by molar-refractivity contribution is 5.92. The van der Waals surface area contributed by atoms with E-state index in [0.29, 0.717) is 24.6 Å². The maximum Gasteiger partial charge on any atom is 0.262 e. The van der Waals surface area contributed by atoms with Crippen LogP contribution in [0.15, 0.2) is 72.8 Å². The Morgan fingerprint density at radius 2 is 1.52 bits per heavy atom. The average molecular weight is 446 g/mol. The summed E-state index contributed by atoms with van der Waals surface area (Å²) in [6.07, 6.45) is 0.494. The molecule has 0 aliphatic carbocycles.